The maximum absolute atomic E-state index is 13.0. The van der Waals surface area contributed by atoms with Gasteiger partial charge in [-0.15, -0.1) is 11.3 Å². The van der Waals surface area contributed by atoms with Crippen LogP contribution in [0.5, 0.6) is 5.75 Å². The molecule has 4 rings (SSSR count). The molecule has 2 unspecified atom stereocenters. The molecule has 0 radical (unpaired) electrons. The Kier molecular flexibility index (Phi) is 7.25. The second kappa shape index (κ2) is 10.0. The lowest BCUT2D eigenvalue weighted by molar-refractivity contribution is -0.0440. The Morgan fingerprint density at radius 1 is 1.18 bits per heavy atom. The van der Waals surface area contributed by atoms with Crippen LogP contribution >= 0.6 is 22.9 Å². The number of benzene rings is 2. The van der Waals surface area contributed by atoms with Crippen molar-refractivity contribution in [2.24, 2.45) is 0 Å². The highest BCUT2D eigenvalue weighted by Gasteiger charge is 2.32. The van der Waals surface area contributed by atoms with E-state index in [0.29, 0.717) is 40.3 Å². The smallest absolute Gasteiger partial charge is 0.257 e. The number of hydrogen-bond donors (Lipinski definition) is 1. The lowest BCUT2D eigenvalue weighted by atomic mass is 10.2. The standard InChI is InChI=1S/C23H24ClN3O5S2/c1-14-11-27(12-15(2)32-14)34(29,30)18-7-4-16(5-8-18)22(28)26-23-25-20(13-33-23)17-6-9-21(31-3)19(24)10-17/h4-10,13-15H,11-12H2,1-3H3,(H,25,26,28). The average molecular weight is 522 g/mol. The first-order valence-corrected chi connectivity index (χ1v) is 13.2. The largest absolute Gasteiger partial charge is 0.495 e. The fourth-order valence-corrected chi connectivity index (χ4v) is 6.28. The van der Waals surface area contributed by atoms with E-state index in [2.05, 4.69) is 10.3 Å². The van der Waals surface area contributed by atoms with Crippen LogP contribution in [0.25, 0.3) is 11.3 Å². The molecule has 34 heavy (non-hydrogen) atoms. The molecule has 0 aliphatic carbocycles. The van der Waals surface area contributed by atoms with Crippen LogP contribution in [0.2, 0.25) is 5.02 Å². The summed E-state index contributed by atoms with van der Waals surface area (Å²) in [6.45, 7) is 4.28. The number of nitrogens with zero attached hydrogens (tertiary/aromatic N) is 2. The number of anilines is 1. The fraction of sp³-hybridized carbons (Fsp3) is 0.304. The third kappa shape index (κ3) is 5.26. The van der Waals surface area contributed by atoms with Crippen LogP contribution in [0.15, 0.2) is 52.7 Å². The Balaban J connectivity index is 1.45. The summed E-state index contributed by atoms with van der Waals surface area (Å²) in [7, 11) is -2.13. The molecule has 1 amide bonds. The molecule has 1 N–H and O–H groups in total. The number of nitrogens with one attached hydrogen (secondary N) is 1. The molecule has 1 aromatic heterocycles. The summed E-state index contributed by atoms with van der Waals surface area (Å²) in [5.74, 6) is 0.184. The second-order valence-electron chi connectivity index (χ2n) is 7.95. The van der Waals surface area contributed by atoms with Crippen molar-refractivity contribution in [1.82, 2.24) is 9.29 Å². The van der Waals surface area contributed by atoms with E-state index >= 15 is 0 Å². The van der Waals surface area contributed by atoms with Gasteiger partial charge in [-0.25, -0.2) is 13.4 Å². The van der Waals surface area contributed by atoms with Gasteiger partial charge in [-0.3, -0.25) is 10.1 Å². The predicted octanol–water partition coefficient (Wildman–Crippen LogP) is 4.52. The van der Waals surface area contributed by atoms with E-state index in [4.69, 9.17) is 21.1 Å². The molecule has 1 aliphatic rings. The van der Waals surface area contributed by atoms with Gasteiger partial charge >= 0.3 is 0 Å². The second-order valence-corrected chi connectivity index (χ2v) is 11.1. The number of thiazole rings is 1. The number of hydrogen-bond acceptors (Lipinski definition) is 7. The van der Waals surface area contributed by atoms with Crippen molar-refractivity contribution >= 4 is 44.0 Å². The monoisotopic (exact) mass is 521 g/mol. The van der Waals surface area contributed by atoms with Crippen LogP contribution in [-0.2, 0) is 14.8 Å². The average Bonchev–Trinajstić information content (AvgIpc) is 3.27. The lowest BCUT2D eigenvalue weighted by Gasteiger charge is -2.34. The molecule has 1 fully saturated rings. The maximum Gasteiger partial charge on any atom is 0.257 e. The molecular weight excluding hydrogens is 498 g/mol. The Morgan fingerprint density at radius 2 is 1.85 bits per heavy atom. The van der Waals surface area contributed by atoms with Gasteiger partial charge in [0, 0.05) is 29.6 Å². The highest BCUT2D eigenvalue weighted by molar-refractivity contribution is 7.89. The summed E-state index contributed by atoms with van der Waals surface area (Å²) in [5.41, 5.74) is 1.79. The fourth-order valence-electron chi connectivity index (χ4n) is 3.71. The molecule has 0 saturated carbocycles. The summed E-state index contributed by atoms with van der Waals surface area (Å²) in [4.78, 5) is 17.3. The van der Waals surface area contributed by atoms with Gasteiger partial charge in [0.05, 0.1) is 34.9 Å². The molecule has 2 atom stereocenters. The van der Waals surface area contributed by atoms with Gasteiger partial charge in [0.2, 0.25) is 10.0 Å². The molecule has 2 aromatic carbocycles. The molecule has 3 aromatic rings. The molecule has 180 valence electrons. The third-order valence-electron chi connectivity index (χ3n) is 5.31. The number of carbonyl (C=O) groups is 1. The molecular formula is C23H24ClN3O5S2. The molecule has 11 heteroatoms. The van der Waals surface area contributed by atoms with Gasteiger partial charge in [0.25, 0.3) is 5.91 Å². The number of methoxy groups -OCH3 is 1. The quantitative estimate of drug-likeness (QED) is 0.512. The van der Waals surface area contributed by atoms with Gasteiger partial charge in [-0.05, 0) is 56.3 Å². The number of amides is 1. The Bertz CT molecular complexity index is 1280. The molecule has 1 aliphatic heterocycles. The van der Waals surface area contributed by atoms with Gasteiger partial charge in [-0.2, -0.15) is 4.31 Å². The Morgan fingerprint density at radius 3 is 2.47 bits per heavy atom. The number of sulfonamides is 1. The molecule has 0 bridgehead atoms. The topological polar surface area (TPSA) is 97.8 Å². The number of halogens is 1. The Labute approximate surface area is 207 Å². The van der Waals surface area contributed by atoms with Crippen molar-refractivity contribution in [3.05, 3.63) is 58.4 Å². The zero-order valence-electron chi connectivity index (χ0n) is 18.8. The van der Waals surface area contributed by atoms with E-state index in [1.165, 1.54) is 39.9 Å². The maximum atomic E-state index is 13.0. The van der Waals surface area contributed by atoms with E-state index in [9.17, 15) is 13.2 Å². The zero-order chi connectivity index (χ0) is 24.5. The normalized spacial score (nSPS) is 19.1. The van der Waals surface area contributed by atoms with E-state index in [0.717, 1.165) is 5.56 Å². The summed E-state index contributed by atoms with van der Waals surface area (Å²) in [6.07, 6.45) is -0.360. The first kappa shape index (κ1) is 24.6. The minimum atomic E-state index is -3.67. The van der Waals surface area contributed by atoms with Crippen LogP contribution < -0.4 is 10.1 Å². The zero-order valence-corrected chi connectivity index (χ0v) is 21.2. The summed E-state index contributed by atoms with van der Waals surface area (Å²) >= 11 is 7.47. The first-order valence-electron chi connectivity index (χ1n) is 10.5. The number of aromatic nitrogens is 1. The molecule has 2 heterocycles. The number of morpholine rings is 1. The van der Waals surface area contributed by atoms with Gasteiger partial charge < -0.3 is 9.47 Å². The first-order chi connectivity index (χ1) is 16.2. The van der Waals surface area contributed by atoms with E-state index in [1.54, 1.807) is 19.2 Å². The minimum Gasteiger partial charge on any atom is -0.495 e. The SMILES string of the molecule is COc1ccc(-c2csc(NC(=O)c3ccc(S(=O)(=O)N4CC(C)OC(C)C4)cc3)n2)cc1Cl. The highest BCUT2D eigenvalue weighted by atomic mass is 35.5. The summed E-state index contributed by atoms with van der Waals surface area (Å²) in [5, 5.41) is 5.45. The van der Waals surface area contributed by atoms with Crippen molar-refractivity contribution in [3.63, 3.8) is 0 Å². The van der Waals surface area contributed by atoms with Crippen LogP contribution in [-0.4, -0.2) is 56.0 Å². The summed E-state index contributed by atoms with van der Waals surface area (Å²) in [6, 6.07) is 11.2. The number of rotatable bonds is 6. The summed E-state index contributed by atoms with van der Waals surface area (Å²) < 4.78 is 38.2. The third-order valence-corrected chi connectivity index (χ3v) is 8.21. The highest BCUT2D eigenvalue weighted by Crippen LogP contribution is 2.32. The van der Waals surface area contributed by atoms with E-state index in [1.807, 2.05) is 25.3 Å². The molecule has 0 spiro atoms. The lowest BCUT2D eigenvalue weighted by Crippen LogP contribution is -2.48. The Hall–Kier alpha value is -2.50. The predicted molar refractivity (Wildman–Crippen MR) is 132 cm³/mol. The van der Waals surface area contributed by atoms with Crippen LogP contribution in [0, 0.1) is 0 Å². The number of ether oxygens (including phenoxy) is 2. The van der Waals surface area contributed by atoms with Crippen LogP contribution in [0.4, 0.5) is 5.13 Å². The van der Waals surface area contributed by atoms with Crippen LogP contribution in [0.1, 0.15) is 24.2 Å². The van der Waals surface area contributed by atoms with Crippen LogP contribution in [0.3, 0.4) is 0 Å². The van der Waals surface area contributed by atoms with Crippen molar-refractivity contribution in [1.29, 1.82) is 0 Å². The van der Waals surface area contributed by atoms with Crippen molar-refractivity contribution in [2.75, 3.05) is 25.5 Å². The molecule has 1 saturated heterocycles. The number of carbonyl (C=O) groups excluding carboxylic acids is 1. The van der Waals surface area contributed by atoms with Gasteiger partial charge in [-0.1, -0.05) is 11.6 Å². The van der Waals surface area contributed by atoms with Gasteiger partial charge in [0.15, 0.2) is 5.13 Å². The van der Waals surface area contributed by atoms with E-state index in [-0.39, 0.29) is 23.0 Å². The van der Waals surface area contributed by atoms with Crippen molar-refractivity contribution in [2.45, 2.75) is 31.0 Å². The van der Waals surface area contributed by atoms with Gasteiger partial charge in [0.1, 0.15) is 5.75 Å². The van der Waals surface area contributed by atoms with Crippen molar-refractivity contribution < 1.29 is 22.7 Å². The van der Waals surface area contributed by atoms with E-state index < -0.39 is 10.0 Å². The minimum absolute atomic E-state index is 0.137. The molecule has 8 nitrogen and oxygen atoms in total. The van der Waals surface area contributed by atoms with Crippen molar-refractivity contribution in [3.8, 4) is 17.0 Å².